The van der Waals surface area contributed by atoms with E-state index in [9.17, 15) is 0 Å². The monoisotopic (exact) mass is 247 g/mol. The Bertz CT molecular complexity index is 456. The van der Waals surface area contributed by atoms with Gasteiger partial charge >= 0.3 is 0 Å². The molecule has 3 heteroatoms. The lowest BCUT2D eigenvalue weighted by Crippen LogP contribution is -2.23. The van der Waals surface area contributed by atoms with E-state index >= 15 is 0 Å². The SMILES string of the molecule is C[Si](C)(C)Cc1nc(-c2ccccc2)cs1. The normalized spacial score (nSPS) is 11.7. The van der Waals surface area contributed by atoms with Crippen molar-refractivity contribution in [3.8, 4) is 11.3 Å². The van der Waals surface area contributed by atoms with Gasteiger partial charge in [0.25, 0.3) is 0 Å². The molecule has 1 nitrogen and oxygen atoms in total. The van der Waals surface area contributed by atoms with Crippen LogP contribution < -0.4 is 0 Å². The van der Waals surface area contributed by atoms with Gasteiger partial charge in [0.2, 0.25) is 0 Å². The molecule has 0 bridgehead atoms. The van der Waals surface area contributed by atoms with E-state index in [2.05, 4.69) is 49.3 Å². The molecule has 84 valence electrons. The molecule has 2 rings (SSSR count). The van der Waals surface area contributed by atoms with Gasteiger partial charge in [-0.1, -0.05) is 50.0 Å². The largest absolute Gasteiger partial charge is 0.242 e. The van der Waals surface area contributed by atoms with Crippen molar-refractivity contribution in [3.63, 3.8) is 0 Å². The molecule has 0 saturated carbocycles. The zero-order valence-electron chi connectivity index (χ0n) is 10.0. The predicted molar refractivity (Wildman–Crippen MR) is 74.6 cm³/mol. The average Bonchev–Trinajstić information content (AvgIpc) is 2.65. The van der Waals surface area contributed by atoms with Crippen molar-refractivity contribution < 1.29 is 0 Å². The van der Waals surface area contributed by atoms with E-state index in [0.717, 1.165) is 5.69 Å². The first kappa shape index (κ1) is 11.5. The molecule has 0 aliphatic heterocycles. The van der Waals surface area contributed by atoms with E-state index in [4.69, 9.17) is 4.98 Å². The van der Waals surface area contributed by atoms with Gasteiger partial charge in [0.1, 0.15) is 0 Å². The van der Waals surface area contributed by atoms with Crippen molar-refractivity contribution in [1.29, 1.82) is 0 Å². The number of aromatic nitrogens is 1. The van der Waals surface area contributed by atoms with E-state index in [1.54, 1.807) is 11.3 Å². The lowest BCUT2D eigenvalue weighted by Gasteiger charge is -2.12. The summed E-state index contributed by atoms with van der Waals surface area (Å²) < 4.78 is 0. The Balaban J connectivity index is 2.21. The second kappa shape index (κ2) is 4.51. The van der Waals surface area contributed by atoms with Crippen molar-refractivity contribution in [2.24, 2.45) is 0 Å². The van der Waals surface area contributed by atoms with Gasteiger partial charge in [-0.3, -0.25) is 0 Å². The molecule has 0 fully saturated rings. The molecule has 0 aliphatic carbocycles. The fourth-order valence-corrected chi connectivity index (χ4v) is 4.79. The fourth-order valence-electron chi connectivity index (χ4n) is 1.59. The van der Waals surface area contributed by atoms with Crippen LogP contribution in [0.15, 0.2) is 35.7 Å². The Kier molecular flexibility index (Phi) is 3.26. The predicted octanol–water partition coefficient (Wildman–Crippen LogP) is 4.23. The van der Waals surface area contributed by atoms with Crippen molar-refractivity contribution in [3.05, 3.63) is 40.7 Å². The van der Waals surface area contributed by atoms with Crippen LogP contribution in [0.3, 0.4) is 0 Å². The van der Waals surface area contributed by atoms with Crippen LogP contribution in [0.25, 0.3) is 11.3 Å². The third-order valence-corrected chi connectivity index (χ3v) is 4.80. The van der Waals surface area contributed by atoms with Crippen molar-refractivity contribution in [1.82, 2.24) is 4.98 Å². The van der Waals surface area contributed by atoms with Crippen LogP contribution >= 0.6 is 11.3 Å². The highest BCUT2D eigenvalue weighted by molar-refractivity contribution is 7.10. The molecule has 0 radical (unpaired) electrons. The minimum Gasteiger partial charge on any atom is -0.242 e. The van der Waals surface area contributed by atoms with E-state index in [1.807, 2.05) is 6.07 Å². The highest BCUT2D eigenvalue weighted by atomic mass is 32.1. The number of rotatable bonds is 3. The summed E-state index contributed by atoms with van der Waals surface area (Å²) in [6, 6.07) is 11.6. The molecule has 0 N–H and O–H groups in total. The van der Waals surface area contributed by atoms with Crippen LogP contribution in [-0.2, 0) is 6.04 Å². The van der Waals surface area contributed by atoms with Crippen LogP contribution in [0.1, 0.15) is 5.01 Å². The molecule has 0 spiro atoms. The molecule has 16 heavy (non-hydrogen) atoms. The van der Waals surface area contributed by atoms with Crippen LogP contribution in [0.5, 0.6) is 0 Å². The number of hydrogen-bond acceptors (Lipinski definition) is 2. The first-order valence-corrected chi connectivity index (χ1v) is 10.1. The number of benzene rings is 1. The van der Waals surface area contributed by atoms with Gasteiger partial charge < -0.3 is 0 Å². The summed E-state index contributed by atoms with van der Waals surface area (Å²) in [5, 5.41) is 3.46. The summed E-state index contributed by atoms with van der Waals surface area (Å²) in [5.74, 6) is 0. The lowest BCUT2D eigenvalue weighted by atomic mass is 10.2. The number of hydrogen-bond donors (Lipinski definition) is 0. The molecule has 0 aliphatic rings. The molecule has 0 saturated heterocycles. The highest BCUT2D eigenvalue weighted by Crippen LogP contribution is 2.23. The number of thiazole rings is 1. The second-order valence-corrected chi connectivity index (χ2v) is 11.6. The van der Waals surface area contributed by atoms with E-state index < -0.39 is 8.07 Å². The van der Waals surface area contributed by atoms with Crippen LogP contribution in [-0.4, -0.2) is 13.1 Å². The van der Waals surface area contributed by atoms with Gasteiger partial charge in [-0.25, -0.2) is 4.98 Å². The Hall–Kier alpha value is -0.933. The maximum Gasteiger partial charge on any atom is 0.0905 e. The Morgan fingerprint density at radius 3 is 2.44 bits per heavy atom. The molecule has 1 heterocycles. The van der Waals surface area contributed by atoms with E-state index in [-0.39, 0.29) is 0 Å². The molecular weight excluding hydrogens is 230 g/mol. The van der Waals surface area contributed by atoms with Gasteiger partial charge in [-0.15, -0.1) is 11.3 Å². The zero-order chi connectivity index (χ0) is 11.6. The Labute approximate surface area is 102 Å². The van der Waals surface area contributed by atoms with Crippen LogP contribution in [0.4, 0.5) is 0 Å². The summed E-state index contributed by atoms with van der Waals surface area (Å²) >= 11 is 1.79. The van der Waals surface area contributed by atoms with Gasteiger partial charge in [0.15, 0.2) is 0 Å². The smallest absolute Gasteiger partial charge is 0.0905 e. The minimum absolute atomic E-state index is 1.04. The van der Waals surface area contributed by atoms with E-state index in [1.165, 1.54) is 16.6 Å². The molecule has 1 aromatic heterocycles. The summed E-state index contributed by atoms with van der Waals surface area (Å²) in [4.78, 5) is 4.72. The molecular formula is C13H17NSSi. The van der Waals surface area contributed by atoms with Gasteiger partial charge in [0.05, 0.1) is 18.8 Å². The molecule has 0 unspecified atom stereocenters. The Morgan fingerprint density at radius 1 is 1.12 bits per heavy atom. The van der Waals surface area contributed by atoms with Crippen LogP contribution in [0, 0.1) is 0 Å². The summed E-state index contributed by atoms with van der Waals surface area (Å²) in [5.41, 5.74) is 2.35. The first-order valence-electron chi connectivity index (χ1n) is 5.54. The van der Waals surface area contributed by atoms with Crippen molar-refractivity contribution in [2.45, 2.75) is 25.7 Å². The van der Waals surface area contributed by atoms with Gasteiger partial charge in [0, 0.05) is 10.9 Å². The molecule has 1 aromatic carbocycles. The van der Waals surface area contributed by atoms with Crippen molar-refractivity contribution in [2.75, 3.05) is 0 Å². The maximum atomic E-state index is 4.72. The topological polar surface area (TPSA) is 12.9 Å². The summed E-state index contributed by atoms with van der Waals surface area (Å²) in [6.45, 7) is 7.16. The Morgan fingerprint density at radius 2 is 1.81 bits per heavy atom. The van der Waals surface area contributed by atoms with Gasteiger partial charge in [-0.2, -0.15) is 0 Å². The van der Waals surface area contributed by atoms with Crippen molar-refractivity contribution >= 4 is 19.4 Å². The molecule has 0 atom stereocenters. The third-order valence-electron chi connectivity index (χ3n) is 2.30. The zero-order valence-corrected chi connectivity index (χ0v) is 11.8. The first-order chi connectivity index (χ1) is 7.54. The lowest BCUT2D eigenvalue weighted by molar-refractivity contribution is 1.22. The number of nitrogens with zero attached hydrogens (tertiary/aromatic N) is 1. The molecule has 2 aromatic rings. The third kappa shape index (κ3) is 3.03. The highest BCUT2D eigenvalue weighted by Gasteiger charge is 2.16. The quantitative estimate of drug-likeness (QED) is 0.740. The average molecular weight is 247 g/mol. The van der Waals surface area contributed by atoms with Crippen LogP contribution in [0.2, 0.25) is 19.6 Å². The maximum absolute atomic E-state index is 4.72. The van der Waals surface area contributed by atoms with Gasteiger partial charge in [-0.05, 0) is 6.04 Å². The summed E-state index contributed by atoms with van der Waals surface area (Å²) in [6.07, 6.45) is 0. The summed E-state index contributed by atoms with van der Waals surface area (Å²) in [7, 11) is -1.04. The fraction of sp³-hybridized carbons (Fsp3) is 0.308. The van der Waals surface area contributed by atoms with E-state index in [0.29, 0.717) is 0 Å². The standard InChI is InChI=1S/C13H17NSSi/c1-16(2,3)10-13-14-12(9-15-13)11-7-5-4-6-8-11/h4-9H,10H2,1-3H3. The minimum atomic E-state index is -1.04. The second-order valence-electron chi connectivity index (χ2n) is 5.23. The molecule has 0 amide bonds.